The monoisotopic (exact) mass is 262 g/mol. The molecule has 0 amide bonds. The first-order valence-electron chi connectivity index (χ1n) is 4.61. The summed E-state index contributed by atoms with van der Waals surface area (Å²) in [6.07, 6.45) is 0.668. The van der Waals surface area contributed by atoms with Gasteiger partial charge >= 0.3 is 0 Å². The zero-order chi connectivity index (χ0) is 12.2. The number of sulfonamides is 1. The van der Waals surface area contributed by atoms with Crippen LogP contribution in [-0.2, 0) is 10.0 Å². The van der Waals surface area contributed by atoms with Gasteiger partial charge in [0.2, 0.25) is 10.0 Å². The van der Waals surface area contributed by atoms with Gasteiger partial charge in [0.15, 0.2) is 0 Å². The molecule has 1 rings (SSSR count). The normalized spacial score (nSPS) is 11.6. The maximum atomic E-state index is 11.0. The van der Waals surface area contributed by atoms with Crippen molar-refractivity contribution in [1.82, 2.24) is 0 Å². The first-order valence-corrected chi connectivity index (χ1v) is 7.14. The fourth-order valence-corrected chi connectivity index (χ4v) is 2.51. The van der Waals surface area contributed by atoms with E-state index >= 15 is 0 Å². The molecular formula is C9H14N2O3S2. The molecule has 0 aliphatic rings. The summed E-state index contributed by atoms with van der Waals surface area (Å²) in [7, 11) is -3.70. The second kappa shape index (κ2) is 5.53. The molecule has 0 aliphatic heterocycles. The topological polar surface area (TPSA) is 106 Å². The Morgan fingerprint density at radius 3 is 2.56 bits per heavy atom. The fraction of sp³-hybridized carbons (Fsp3) is 0.333. The molecule has 0 bridgehead atoms. The third kappa shape index (κ3) is 3.67. The number of hydrogen-bond donors (Lipinski definition) is 3. The lowest BCUT2D eigenvalue weighted by Crippen LogP contribution is -2.12. The summed E-state index contributed by atoms with van der Waals surface area (Å²) < 4.78 is 22.1. The van der Waals surface area contributed by atoms with Crippen LogP contribution in [0.1, 0.15) is 6.42 Å². The number of aliphatic hydroxyl groups excluding tert-OH is 1. The van der Waals surface area contributed by atoms with Gasteiger partial charge in [0.1, 0.15) is 0 Å². The van der Waals surface area contributed by atoms with Crippen molar-refractivity contribution < 1.29 is 13.5 Å². The highest BCUT2D eigenvalue weighted by Crippen LogP contribution is 2.27. The van der Waals surface area contributed by atoms with Gasteiger partial charge in [-0.2, -0.15) is 0 Å². The number of nitrogens with two attached hydrogens (primary N) is 2. The van der Waals surface area contributed by atoms with Gasteiger partial charge in [0.25, 0.3) is 0 Å². The van der Waals surface area contributed by atoms with Crippen LogP contribution in [0.4, 0.5) is 5.69 Å². The van der Waals surface area contributed by atoms with Crippen LogP contribution < -0.4 is 10.9 Å². The standard InChI is InChI=1S/C9H14N2O3S2/c10-8-6-7(16(11,13)14)2-3-9(8)15-5-1-4-12/h2-3,6,12H,1,4-5,10H2,(H2,11,13,14). The summed E-state index contributed by atoms with van der Waals surface area (Å²) in [4.78, 5) is 0.803. The van der Waals surface area contributed by atoms with E-state index in [0.29, 0.717) is 12.1 Å². The highest BCUT2D eigenvalue weighted by atomic mass is 32.2. The third-order valence-electron chi connectivity index (χ3n) is 1.87. The molecule has 0 spiro atoms. The Labute approximate surface area is 98.9 Å². The number of hydrogen-bond acceptors (Lipinski definition) is 5. The molecular weight excluding hydrogens is 248 g/mol. The predicted molar refractivity (Wildman–Crippen MR) is 64.7 cm³/mol. The van der Waals surface area contributed by atoms with E-state index in [9.17, 15) is 8.42 Å². The van der Waals surface area contributed by atoms with Crippen LogP contribution >= 0.6 is 11.8 Å². The molecule has 16 heavy (non-hydrogen) atoms. The summed E-state index contributed by atoms with van der Waals surface area (Å²) in [5.74, 6) is 0.732. The van der Waals surface area contributed by atoms with E-state index < -0.39 is 10.0 Å². The van der Waals surface area contributed by atoms with Gasteiger partial charge in [-0.1, -0.05) is 0 Å². The van der Waals surface area contributed by atoms with Crippen molar-refractivity contribution in [3.8, 4) is 0 Å². The second-order valence-corrected chi connectivity index (χ2v) is 5.87. The van der Waals surface area contributed by atoms with Crippen molar-refractivity contribution in [2.24, 2.45) is 5.14 Å². The maximum absolute atomic E-state index is 11.0. The molecule has 0 unspecified atom stereocenters. The highest BCUT2D eigenvalue weighted by Gasteiger charge is 2.09. The molecule has 0 aliphatic carbocycles. The van der Waals surface area contributed by atoms with Crippen molar-refractivity contribution in [1.29, 1.82) is 0 Å². The number of primary sulfonamides is 1. The molecule has 1 aromatic rings. The van der Waals surface area contributed by atoms with E-state index in [1.807, 2.05) is 0 Å². The van der Waals surface area contributed by atoms with Crippen LogP contribution in [0.5, 0.6) is 0 Å². The summed E-state index contributed by atoms with van der Waals surface area (Å²) in [6, 6.07) is 4.39. The van der Waals surface area contributed by atoms with Crippen LogP contribution in [0, 0.1) is 0 Å². The molecule has 90 valence electrons. The van der Waals surface area contributed by atoms with Crippen molar-refractivity contribution >= 4 is 27.5 Å². The molecule has 0 saturated heterocycles. The number of nitrogen functional groups attached to an aromatic ring is 1. The van der Waals surface area contributed by atoms with Gasteiger partial charge in [0, 0.05) is 22.9 Å². The van der Waals surface area contributed by atoms with E-state index in [1.165, 1.54) is 23.9 Å². The fourth-order valence-electron chi connectivity index (χ4n) is 1.08. The van der Waals surface area contributed by atoms with Crippen LogP contribution in [0.15, 0.2) is 28.0 Å². The van der Waals surface area contributed by atoms with Gasteiger partial charge < -0.3 is 10.8 Å². The van der Waals surface area contributed by atoms with E-state index in [-0.39, 0.29) is 11.5 Å². The Hall–Kier alpha value is -0.760. The Balaban J connectivity index is 2.84. The quantitative estimate of drug-likeness (QED) is 0.404. The minimum absolute atomic E-state index is 0.0107. The number of anilines is 1. The van der Waals surface area contributed by atoms with E-state index in [2.05, 4.69) is 0 Å². The van der Waals surface area contributed by atoms with Crippen molar-refractivity contribution in [3.63, 3.8) is 0 Å². The van der Waals surface area contributed by atoms with Crippen LogP contribution in [0.3, 0.4) is 0 Å². The molecule has 0 fully saturated rings. The average molecular weight is 262 g/mol. The van der Waals surface area contributed by atoms with Gasteiger partial charge in [-0.3, -0.25) is 0 Å². The Bertz CT molecular complexity index is 460. The molecule has 0 aromatic heterocycles. The largest absolute Gasteiger partial charge is 0.398 e. The number of benzene rings is 1. The van der Waals surface area contributed by atoms with E-state index in [1.54, 1.807) is 6.07 Å². The van der Waals surface area contributed by atoms with Gasteiger partial charge in [0.05, 0.1) is 4.90 Å². The summed E-state index contributed by atoms with van der Waals surface area (Å²) in [5.41, 5.74) is 6.08. The smallest absolute Gasteiger partial charge is 0.238 e. The lowest BCUT2D eigenvalue weighted by atomic mass is 10.3. The number of aliphatic hydroxyl groups is 1. The van der Waals surface area contributed by atoms with Crippen molar-refractivity contribution in [3.05, 3.63) is 18.2 Å². The van der Waals surface area contributed by atoms with Crippen LogP contribution in [0.25, 0.3) is 0 Å². The molecule has 0 heterocycles. The Morgan fingerprint density at radius 1 is 1.38 bits per heavy atom. The number of thioether (sulfide) groups is 1. The summed E-state index contributed by atoms with van der Waals surface area (Å²) in [6.45, 7) is 0.127. The van der Waals surface area contributed by atoms with Crippen LogP contribution in [0.2, 0.25) is 0 Å². The molecule has 0 radical (unpaired) electrons. The minimum atomic E-state index is -3.70. The van der Waals surface area contributed by atoms with E-state index in [0.717, 1.165) is 10.6 Å². The Kier molecular flexibility index (Phi) is 4.60. The average Bonchev–Trinajstić information content (AvgIpc) is 2.19. The third-order valence-corrected chi connectivity index (χ3v) is 3.96. The number of rotatable bonds is 5. The minimum Gasteiger partial charge on any atom is -0.398 e. The first-order chi connectivity index (χ1) is 7.45. The van der Waals surface area contributed by atoms with Crippen molar-refractivity contribution in [2.45, 2.75) is 16.2 Å². The molecule has 0 saturated carbocycles. The van der Waals surface area contributed by atoms with Gasteiger partial charge in [-0.15, -0.1) is 11.8 Å². The highest BCUT2D eigenvalue weighted by molar-refractivity contribution is 7.99. The molecule has 5 N–H and O–H groups in total. The van der Waals surface area contributed by atoms with Crippen LogP contribution in [-0.4, -0.2) is 25.9 Å². The molecule has 1 aromatic carbocycles. The lowest BCUT2D eigenvalue weighted by Gasteiger charge is -2.06. The molecule has 0 atom stereocenters. The first kappa shape index (κ1) is 13.3. The predicted octanol–water partition coefficient (Wildman–Crippen LogP) is 0.391. The molecule has 5 nitrogen and oxygen atoms in total. The zero-order valence-electron chi connectivity index (χ0n) is 8.59. The second-order valence-electron chi connectivity index (χ2n) is 3.17. The SMILES string of the molecule is Nc1cc(S(N)(=O)=O)ccc1SCCCO. The summed E-state index contributed by atoms with van der Waals surface area (Å²) >= 11 is 1.47. The summed E-state index contributed by atoms with van der Waals surface area (Å²) in [5, 5.41) is 13.6. The maximum Gasteiger partial charge on any atom is 0.238 e. The van der Waals surface area contributed by atoms with Crippen molar-refractivity contribution in [2.75, 3.05) is 18.1 Å². The van der Waals surface area contributed by atoms with E-state index in [4.69, 9.17) is 16.0 Å². The zero-order valence-corrected chi connectivity index (χ0v) is 10.2. The van der Waals surface area contributed by atoms with Gasteiger partial charge in [-0.05, 0) is 24.6 Å². The lowest BCUT2D eigenvalue weighted by molar-refractivity contribution is 0.296. The van der Waals surface area contributed by atoms with Gasteiger partial charge in [-0.25, -0.2) is 13.6 Å². The molecule has 7 heteroatoms. The Morgan fingerprint density at radius 2 is 2.06 bits per heavy atom.